The fourth-order valence-electron chi connectivity index (χ4n) is 3.08. The Balaban J connectivity index is 1.91. The van der Waals surface area contributed by atoms with Crippen LogP contribution in [0.5, 0.6) is 5.75 Å². The third-order valence-electron chi connectivity index (χ3n) is 4.38. The highest BCUT2D eigenvalue weighted by Crippen LogP contribution is 2.24. The van der Waals surface area contributed by atoms with Crippen LogP contribution in [0.15, 0.2) is 36.4 Å². The van der Waals surface area contributed by atoms with E-state index in [1.165, 1.54) is 25.7 Å². The van der Waals surface area contributed by atoms with Gasteiger partial charge in [0.05, 0.1) is 6.10 Å². The van der Waals surface area contributed by atoms with E-state index >= 15 is 0 Å². The molecule has 1 aromatic carbocycles. The van der Waals surface area contributed by atoms with E-state index in [0.29, 0.717) is 12.6 Å². The van der Waals surface area contributed by atoms with Crippen molar-refractivity contribution >= 4 is 0 Å². The normalized spacial score (nSPS) is 20.6. The maximum atomic E-state index is 10.5. The second-order valence-electron chi connectivity index (χ2n) is 6.38. The predicted molar refractivity (Wildman–Crippen MR) is 91.2 cm³/mol. The van der Waals surface area contributed by atoms with Crippen LogP contribution in [-0.4, -0.2) is 35.7 Å². The van der Waals surface area contributed by atoms with Gasteiger partial charge in [0.15, 0.2) is 0 Å². The molecule has 1 fully saturated rings. The summed E-state index contributed by atoms with van der Waals surface area (Å²) in [6, 6.07) is 8.40. The summed E-state index contributed by atoms with van der Waals surface area (Å²) in [7, 11) is 0. The minimum Gasteiger partial charge on any atom is -0.489 e. The van der Waals surface area contributed by atoms with Crippen LogP contribution in [-0.2, 0) is 0 Å². The summed E-state index contributed by atoms with van der Waals surface area (Å²) < 4.78 is 5.59. The Labute approximate surface area is 134 Å². The second-order valence-corrected chi connectivity index (χ2v) is 6.38. The van der Waals surface area contributed by atoms with Crippen LogP contribution in [0.25, 0.3) is 0 Å². The van der Waals surface area contributed by atoms with Gasteiger partial charge >= 0.3 is 0 Å². The van der Waals surface area contributed by atoms with Gasteiger partial charge in [-0.15, -0.1) is 0 Å². The molecule has 1 aliphatic heterocycles. The van der Waals surface area contributed by atoms with E-state index in [4.69, 9.17) is 4.74 Å². The number of β-amino-alcohol motifs (C(OH)–C–C–N with tert-alkyl or cyclic N) is 1. The van der Waals surface area contributed by atoms with Crippen LogP contribution < -0.4 is 4.74 Å². The number of ether oxygens (including phenoxy) is 1. The maximum absolute atomic E-state index is 10.5. The third kappa shape index (κ3) is 4.85. The molecule has 2 rings (SSSR count). The highest BCUT2D eigenvalue weighted by Gasteiger charge is 2.23. The molecule has 122 valence electrons. The fraction of sp³-hybridized carbons (Fsp3) is 0.579. The highest BCUT2D eigenvalue weighted by atomic mass is 16.5. The van der Waals surface area contributed by atoms with Crippen molar-refractivity contribution in [1.82, 2.24) is 4.90 Å². The van der Waals surface area contributed by atoms with E-state index in [0.717, 1.165) is 30.0 Å². The summed E-state index contributed by atoms with van der Waals surface area (Å²) in [5.41, 5.74) is 1.96. The molecular weight excluding hydrogens is 274 g/mol. The van der Waals surface area contributed by atoms with Gasteiger partial charge in [0.25, 0.3) is 0 Å². The zero-order chi connectivity index (χ0) is 15.9. The van der Waals surface area contributed by atoms with Crippen molar-refractivity contribution in [3.8, 4) is 5.75 Å². The van der Waals surface area contributed by atoms with Crippen molar-refractivity contribution in [3.05, 3.63) is 42.0 Å². The van der Waals surface area contributed by atoms with Crippen LogP contribution >= 0.6 is 0 Å². The maximum Gasteiger partial charge on any atom is 0.119 e. The molecule has 2 unspecified atom stereocenters. The van der Waals surface area contributed by atoms with Crippen LogP contribution in [0.4, 0.5) is 0 Å². The molecule has 3 heteroatoms. The summed E-state index contributed by atoms with van der Waals surface area (Å²) in [4.78, 5) is 2.44. The molecule has 0 bridgehead atoms. The summed E-state index contributed by atoms with van der Waals surface area (Å²) in [5, 5.41) is 10.5. The molecular formula is C19H29NO2. The zero-order valence-electron chi connectivity index (χ0n) is 13.9. The molecule has 0 radical (unpaired) electrons. The number of benzene rings is 1. The Morgan fingerprint density at radius 3 is 2.73 bits per heavy atom. The van der Waals surface area contributed by atoms with Crippen LogP contribution in [0.3, 0.4) is 0 Å². The fourth-order valence-corrected chi connectivity index (χ4v) is 3.08. The minimum atomic E-state index is -0.428. The van der Waals surface area contributed by atoms with Crippen LogP contribution in [0, 0.1) is 0 Å². The van der Waals surface area contributed by atoms with Gasteiger partial charge < -0.3 is 9.84 Å². The number of hydrogen-bond acceptors (Lipinski definition) is 3. The number of piperidine rings is 1. The number of rotatable bonds is 7. The standard InChI is InChI=1S/C19H29NO2/c1-4-17-7-5-6-12-20(17)13-19(21)16-8-10-18(11-9-16)22-14-15(2)3/h8-11,17,19,21H,2,4-7,12-14H2,1,3H3. The van der Waals surface area contributed by atoms with Crippen molar-refractivity contribution in [3.63, 3.8) is 0 Å². The van der Waals surface area contributed by atoms with E-state index in [1.807, 2.05) is 31.2 Å². The molecule has 3 nitrogen and oxygen atoms in total. The lowest BCUT2D eigenvalue weighted by Gasteiger charge is -2.36. The van der Waals surface area contributed by atoms with Gasteiger partial charge in [0.2, 0.25) is 0 Å². The SMILES string of the molecule is C=C(C)COc1ccc(C(O)CN2CCCCC2CC)cc1. The number of nitrogens with zero attached hydrogens (tertiary/aromatic N) is 1. The van der Waals surface area contributed by atoms with Gasteiger partial charge in [-0.1, -0.05) is 32.1 Å². The second kappa shape index (κ2) is 8.35. The smallest absolute Gasteiger partial charge is 0.119 e. The number of aliphatic hydroxyl groups excluding tert-OH is 1. The van der Waals surface area contributed by atoms with Gasteiger partial charge in [0.1, 0.15) is 12.4 Å². The van der Waals surface area contributed by atoms with E-state index in [1.54, 1.807) is 0 Å². The van der Waals surface area contributed by atoms with E-state index in [-0.39, 0.29) is 0 Å². The van der Waals surface area contributed by atoms with Crippen LogP contribution in [0.1, 0.15) is 51.2 Å². The molecule has 0 saturated carbocycles. The molecule has 0 spiro atoms. The van der Waals surface area contributed by atoms with Crippen molar-refractivity contribution in [1.29, 1.82) is 0 Å². The van der Waals surface area contributed by atoms with Crippen molar-refractivity contribution in [2.75, 3.05) is 19.7 Å². The molecule has 1 heterocycles. The lowest BCUT2D eigenvalue weighted by Crippen LogP contribution is -2.41. The summed E-state index contributed by atoms with van der Waals surface area (Å²) in [6.07, 6.45) is 4.57. The Hall–Kier alpha value is -1.32. The first kappa shape index (κ1) is 17.0. The lowest BCUT2D eigenvalue weighted by molar-refractivity contribution is 0.0656. The van der Waals surface area contributed by atoms with Crippen molar-refractivity contribution in [2.45, 2.75) is 51.7 Å². The average molecular weight is 303 g/mol. The Morgan fingerprint density at radius 2 is 2.09 bits per heavy atom. The average Bonchev–Trinajstić information content (AvgIpc) is 2.54. The molecule has 1 N–H and O–H groups in total. The molecule has 1 aromatic rings. The Bertz CT molecular complexity index is 469. The molecule has 2 atom stereocenters. The Morgan fingerprint density at radius 1 is 1.36 bits per heavy atom. The number of aliphatic hydroxyl groups is 1. The monoisotopic (exact) mass is 303 g/mol. The molecule has 0 aliphatic carbocycles. The molecule has 1 aliphatic rings. The van der Waals surface area contributed by atoms with Crippen molar-refractivity contribution < 1.29 is 9.84 Å². The highest BCUT2D eigenvalue weighted by molar-refractivity contribution is 5.29. The van der Waals surface area contributed by atoms with Crippen molar-refractivity contribution in [2.24, 2.45) is 0 Å². The minimum absolute atomic E-state index is 0.428. The number of hydrogen-bond donors (Lipinski definition) is 1. The largest absolute Gasteiger partial charge is 0.489 e. The van der Waals surface area contributed by atoms with E-state index in [2.05, 4.69) is 18.4 Å². The van der Waals surface area contributed by atoms with Gasteiger partial charge in [-0.2, -0.15) is 0 Å². The molecule has 0 amide bonds. The van der Waals surface area contributed by atoms with E-state index < -0.39 is 6.10 Å². The van der Waals surface area contributed by atoms with Gasteiger partial charge in [-0.25, -0.2) is 0 Å². The quantitative estimate of drug-likeness (QED) is 0.774. The summed E-state index contributed by atoms with van der Waals surface area (Å²) in [6.45, 7) is 10.4. The van der Waals surface area contributed by atoms with Gasteiger partial charge in [-0.05, 0) is 56.0 Å². The predicted octanol–water partition coefficient (Wildman–Crippen LogP) is 3.94. The molecule has 22 heavy (non-hydrogen) atoms. The summed E-state index contributed by atoms with van der Waals surface area (Å²) in [5.74, 6) is 0.823. The molecule has 1 saturated heterocycles. The first-order chi connectivity index (χ1) is 10.6. The van der Waals surface area contributed by atoms with Crippen LogP contribution in [0.2, 0.25) is 0 Å². The lowest BCUT2D eigenvalue weighted by atomic mass is 9.98. The molecule has 0 aromatic heterocycles. The van der Waals surface area contributed by atoms with Gasteiger partial charge in [0, 0.05) is 12.6 Å². The first-order valence-corrected chi connectivity index (χ1v) is 8.39. The first-order valence-electron chi connectivity index (χ1n) is 8.39. The number of likely N-dealkylation sites (tertiary alicyclic amines) is 1. The topological polar surface area (TPSA) is 32.7 Å². The van der Waals surface area contributed by atoms with E-state index in [9.17, 15) is 5.11 Å². The third-order valence-corrected chi connectivity index (χ3v) is 4.38. The van der Waals surface area contributed by atoms with Gasteiger partial charge in [-0.3, -0.25) is 4.90 Å². The summed E-state index contributed by atoms with van der Waals surface area (Å²) >= 11 is 0. The zero-order valence-corrected chi connectivity index (χ0v) is 13.9. The Kier molecular flexibility index (Phi) is 6.47.